The molecular weight excluding hydrogens is 282 g/mol. The lowest BCUT2D eigenvalue weighted by Crippen LogP contribution is -2.40. The van der Waals surface area contributed by atoms with Crippen LogP contribution in [0.25, 0.3) is 0 Å². The predicted octanol–water partition coefficient (Wildman–Crippen LogP) is 1.70. The number of pyridine rings is 1. The van der Waals surface area contributed by atoms with Gasteiger partial charge in [0.15, 0.2) is 0 Å². The number of hydrogen-bond donors (Lipinski definition) is 0. The summed E-state index contributed by atoms with van der Waals surface area (Å²) in [5.41, 5.74) is 1.56. The summed E-state index contributed by atoms with van der Waals surface area (Å²) in [6.45, 7) is 3.18. The van der Waals surface area contributed by atoms with E-state index in [2.05, 4.69) is 4.98 Å². The lowest BCUT2D eigenvalue weighted by Gasteiger charge is -2.35. The summed E-state index contributed by atoms with van der Waals surface area (Å²) in [6.07, 6.45) is 1.74. The predicted molar refractivity (Wildman–Crippen MR) is 71.3 cm³/mol. The van der Waals surface area contributed by atoms with Gasteiger partial charge in [-0.05, 0) is 0 Å². The zero-order valence-corrected chi connectivity index (χ0v) is 11.8. The van der Waals surface area contributed by atoms with Crippen molar-refractivity contribution in [2.75, 3.05) is 33.0 Å². The van der Waals surface area contributed by atoms with E-state index >= 15 is 0 Å². The Bertz CT molecular complexity index is 526. The van der Waals surface area contributed by atoms with Gasteiger partial charge < -0.3 is 18.9 Å². The van der Waals surface area contributed by atoms with E-state index in [9.17, 15) is 0 Å². The fourth-order valence-electron chi connectivity index (χ4n) is 2.97. The number of rotatable bonds is 2. The Hall–Kier alpha value is -0.880. The maximum atomic E-state index is 6.17. The molecule has 2 fully saturated rings. The number of hydrogen-bond acceptors (Lipinski definition) is 5. The fourth-order valence-corrected chi connectivity index (χ4v) is 3.15. The summed E-state index contributed by atoms with van der Waals surface area (Å²) in [5, 5.41) is 0.441. The van der Waals surface area contributed by atoms with Gasteiger partial charge in [-0.15, -0.1) is 0 Å². The lowest BCUT2D eigenvalue weighted by atomic mass is 9.90. The third-order valence-electron chi connectivity index (χ3n) is 4.10. The van der Waals surface area contributed by atoms with E-state index in [4.69, 9.17) is 30.5 Å². The summed E-state index contributed by atoms with van der Waals surface area (Å²) in [4.78, 5) is 4.51. The first-order valence-electron chi connectivity index (χ1n) is 6.93. The highest BCUT2D eigenvalue weighted by Gasteiger charge is 2.44. The van der Waals surface area contributed by atoms with Crippen molar-refractivity contribution in [2.24, 2.45) is 0 Å². The number of nitrogens with zero attached hydrogens (tertiary/aromatic N) is 1. The van der Waals surface area contributed by atoms with E-state index in [1.807, 2.05) is 0 Å². The normalized spacial score (nSPS) is 29.2. The summed E-state index contributed by atoms with van der Waals surface area (Å²) in [7, 11) is 0. The van der Waals surface area contributed by atoms with Crippen LogP contribution in [0.1, 0.15) is 17.7 Å². The van der Waals surface area contributed by atoms with Crippen molar-refractivity contribution >= 4 is 11.6 Å². The third-order valence-corrected chi connectivity index (χ3v) is 4.29. The van der Waals surface area contributed by atoms with Crippen molar-refractivity contribution in [3.05, 3.63) is 22.5 Å². The molecule has 3 aliphatic heterocycles. The van der Waals surface area contributed by atoms with Crippen molar-refractivity contribution in [3.63, 3.8) is 0 Å². The van der Waals surface area contributed by atoms with Crippen molar-refractivity contribution in [1.82, 2.24) is 4.98 Å². The van der Waals surface area contributed by atoms with Gasteiger partial charge in [-0.2, -0.15) is 0 Å². The molecule has 6 heteroatoms. The molecule has 0 saturated carbocycles. The number of aromatic nitrogens is 1. The monoisotopic (exact) mass is 297 g/mol. The smallest absolute Gasteiger partial charge is 0.145 e. The molecule has 0 bridgehead atoms. The SMILES string of the molecule is Clc1cc(OC2COC2)c2c(n1)C1(CCOC1)OCC2. The van der Waals surface area contributed by atoms with Gasteiger partial charge in [-0.25, -0.2) is 4.98 Å². The van der Waals surface area contributed by atoms with Gasteiger partial charge in [0, 0.05) is 31.1 Å². The molecule has 0 aromatic carbocycles. The molecule has 1 unspecified atom stereocenters. The van der Waals surface area contributed by atoms with Crippen LogP contribution in [-0.4, -0.2) is 44.1 Å². The summed E-state index contributed by atoms with van der Waals surface area (Å²) < 4.78 is 22.6. The first kappa shape index (κ1) is 12.8. The quantitative estimate of drug-likeness (QED) is 0.778. The summed E-state index contributed by atoms with van der Waals surface area (Å²) >= 11 is 6.17. The summed E-state index contributed by atoms with van der Waals surface area (Å²) in [5.74, 6) is 0.822. The van der Waals surface area contributed by atoms with E-state index in [0.29, 0.717) is 38.2 Å². The van der Waals surface area contributed by atoms with Crippen molar-refractivity contribution in [1.29, 1.82) is 0 Å². The van der Waals surface area contributed by atoms with Gasteiger partial charge in [0.25, 0.3) is 0 Å². The molecule has 20 heavy (non-hydrogen) atoms. The molecule has 108 valence electrons. The standard InChI is InChI=1S/C14H16ClNO4/c15-12-5-11(20-9-6-18-7-9)10-1-3-19-14(13(10)16-12)2-4-17-8-14/h5,9H,1-4,6-8H2. The van der Waals surface area contributed by atoms with Crippen LogP contribution in [0, 0.1) is 0 Å². The first-order valence-corrected chi connectivity index (χ1v) is 7.31. The van der Waals surface area contributed by atoms with Crippen molar-refractivity contribution in [3.8, 4) is 5.75 Å². The lowest BCUT2D eigenvalue weighted by molar-refractivity contribution is -0.0836. The molecule has 5 nitrogen and oxygen atoms in total. The molecule has 0 amide bonds. The van der Waals surface area contributed by atoms with E-state index < -0.39 is 5.60 Å². The van der Waals surface area contributed by atoms with Crippen LogP contribution in [-0.2, 0) is 26.2 Å². The van der Waals surface area contributed by atoms with Crippen LogP contribution in [0.5, 0.6) is 5.75 Å². The van der Waals surface area contributed by atoms with Gasteiger partial charge >= 0.3 is 0 Å². The molecule has 3 aliphatic rings. The molecule has 1 aromatic heterocycles. The Kier molecular flexibility index (Phi) is 3.11. The van der Waals surface area contributed by atoms with Gasteiger partial charge in [-0.1, -0.05) is 11.6 Å². The topological polar surface area (TPSA) is 49.8 Å². The molecule has 4 rings (SSSR count). The zero-order valence-electron chi connectivity index (χ0n) is 11.1. The average molecular weight is 298 g/mol. The second-order valence-corrected chi connectivity index (χ2v) is 5.83. The van der Waals surface area contributed by atoms with Crippen LogP contribution in [0.3, 0.4) is 0 Å². The summed E-state index contributed by atoms with van der Waals surface area (Å²) in [6, 6.07) is 1.80. The molecular formula is C14H16ClNO4. The van der Waals surface area contributed by atoms with E-state index in [-0.39, 0.29) is 6.10 Å². The number of ether oxygens (including phenoxy) is 4. The number of fused-ring (bicyclic) bond motifs is 2. The number of halogens is 1. The molecule has 4 heterocycles. The highest BCUT2D eigenvalue weighted by molar-refractivity contribution is 6.29. The van der Waals surface area contributed by atoms with E-state index in [1.165, 1.54) is 0 Å². The molecule has 0 N–H and O–H groups in total. The van der Waals surface area contributed by atoms with E-state index in [1.54, 1.807) is 6.07 Å². The Morgan fingerprint density at radius 3 is 2.90 bits per heavy atom. The third kappa shape index (κ3) is 2.00. The van der Waals surface area contributed by atoms with Crippen molar-refractivity contribution in [2.45, 2.75) is 24.5 Å². The van der Waals surface area contributed by atoms with Gasteiger partial charge in [0.2, 0.25) is 0 Å². The van der Waals surface area contributed by atoms with E-state index in [0.717, 1.165) is 29.8 Å². The Labute approximate surface area is 122 Å². The average Bonchev–Trinajstić information content (AvgIpc) is 2.84. The van der Waals surface area contributed by atoms with Gasteiger partial charge in [-0.3, -0.25) is 0 Å². The molecule has 0 aliphatic carbocycles. The minimum Gasteiger partial charge on any atom is -0.485 e. The van der Waals surface area contributed by atoms with Crippen LogP contribution < -0.4 is 4.74 Å². The zero-order chi connectivity index (χ0) is 13.6. The highest BCUT2D eigenvalue weighted by atomic mass is 35.5. The first-order chi connectivity index (χ1) is 9.77. The van der Waals surface area contributed by atoms with Gasteiger partial charge in [0.05, 0.1) is 32.1 Å². The molecule has 2 saturated heterocycles. The minimum atomic E-state index is -0.438. The van der Waals surface area contributed by atoms with Crippen LogP contribution in [0.4, 0.5) is 0 Å². The highest BCUT2D eigenvalue weighted by Crippen LogP contribution is 2.42. The maximum Gasteiger partial charge on any atom is 0.145 e. The van der Waals surface area contributed by atoms with Crippen molar-refractivity contribution < 1.29 is 18.9 Å². The molecule has 1 atom stereocenters. The molecule has 0 radical (unpaired) electrons. The van der Waals surface area contributed by atoms with Gasteiger partial charge in [0.1, 0.15) is 22.6 Å². The second-order valence-electron chi connectivity index (χ2n) is 5.44. The largest absolute Gasteiger partial charge is 0.485 e. The van der Waals surface area contributed by atoms with Crippen LogP contribution >= 0.6 is 11.6 Å². The fraction of sp³-hybridized carbons (Fsp3) is 0.643. The second kappa shape index (κ2) is 4.84. The maximum absolute atomic E-state index is 6.17. The Morgan fingerprint density at radius 1 is 1.30 bits per heavy atom. The van der Waals surface area contributed by atoms with Crippen LogP contribution in [0.2, 0.25) is 5.15 Å². The molecule has 1 spiro atoms. The Morgan fingerprint density at radius 2 is 2.20 bits per heavy atom. The Balaban J connectivity index is 1.75. The molecule has 1 aromatic rings. The van der Waals surface area contributed by atoms with Crippen LogP contribution in [0.15, 0.2) is 6.07 Å². The minimum absolute atomic E-state index is 0.121.